The second-order valence-electron chi connectivity index (χ2n) is 4.10. The van der Waals surface area contributed by atoms with Gasteiger partial charge in [-0.15, -0.1) is 11.3 Å². The summed E-state index contributed by atoms with van der Waals surface area (Å²) < 4.78 is 43.1. The number of methoxy groups -OCH3 is 1. The molecule has 0 saturated carbocycles. The summed E-state index contributed by atoms with van der Waals surface area (Å²) in [5.41, 5.74) is 6.02. The van der Waals surface area contributed by atoms with Gasteiger partial charge in [-0.05, 0) is 12.1 Å². The number of ether oxygens (including phenoxy) is 1. The van der Waals surface area contributed by atoms with Crippen molar-refractivity contribution in [2.45, 2.75) is 19.3 Å². The van der Waals surface area contributed by atoms with Crippen LogP contribution in [0.15, 0.2) is 24.3 Å². The molecule has 0 aliphatic heterocycles. The fourth-order valence-electron chi connectivity index (χ4n) is 1.74. The monoisotopic (exact) mass is 302 g/mol. The number of nitrogens with two attached hydrogens (primary N) is 1. The first-order chi connectivity index (χ1) is 9.45. The van der Waals surface area contributed by atoms with Crippen molar-refractivity contribution in [2.75, 3.05) is 7.11 Å². The molecule has 2 N–H and O–H groups in total. The second-order valence-corrected chi connectivity index (χ2v) is 5.19. The smallest absolute Gasteiger partial charge is 0.378 e. The lowest BCUT2D eigenvalue weighted by atomic mass is 10.1. The van der Waals surface area contributed by atoms with Crippen molar-refractivity contribution in [3.05, 3.63) is 40.4 Å². The summed E-state index contributed by atoms with van der Waals surface area (Å²) in [6, 6.07) is 5.11. The van der Waals surface area contributed by atoms with E-state index in [1.165, 1.54) is 24.5 Å². The number of hydrogen-bond donors (Lipinski definition) is 1. The van der Waals surface area contributed by atoms with E-state index in [1.807, 2.05) is 0 Å². The molecular weight excluding hydrogens is 289 g/mol. The van der Waals surface area contributed by atoms with Gasteiger partial charge in [0.25, 0.3) is 0 Å². The van der Waals surface area contributed by atoms with Crippen molar-refractivity contribution >= 4 is 11.3 Å². The molecule has 1 heterocycles. The Labute approximate surface area is 118 Å². The van der Waals surface area contributed by atoms with Gasteiger partial charge in [-0.25, -0.2) is 4.98 Å². The van der Waals surface area contributed by atoms with Crippen LogP contribution < -0.4 is 5.73 Å². The van der Waals surface area contributed by atoms with Gasteiger partial charge in [0.1, 0.15) is 5.01 Å². The fraction of sp³-hybridized carbons (Fsp3) is 0.308. The van der Waals surface area contributed by atoms with Gasteiger partial charge in [0.05, 0.1) is 17.9 Å². The van der Waals surface area contributed by atoms with E-state index in [9.17, 15) is 13.2 Å². The third kappa shape index (κ3) is 3.17. The van der Waals surface area contributed by atoms with Crippen LogP contribution in [0.1, 0.15) is 16.1 Å². The highest BCUT2D eigenvalue weighted by Crippen LogP contribution is 2.34. The van der Waals surface area contributed by atoms with Gasteiger partial charge in [0.2, 0.25) is 0 Å². The molecule has 3 nitrogen and oxygen atoms in total. The molecule has 20 heavy (non-hydrogen) atoms. The van der Waals surface area contributed by atoms with Crippen molar-refractivity contribution in [3.8, 4) is 10.6 Å². The Balaban J connectivity index is 2.41. The number of nitrogens with zero attached hydrogens (tertiary/aromatic N) is 1. The first kappa shape index (κ1) is 15.0. The average molecular weight is 302 g/mol. The molecule has 0 radical (unpaired) electrons. The van der Waals surface area contributed by atoms with E-state index in [-0.39, 0.29) is 6.54 Å². The molecule has 2 rings (SSSR count). The summed E-state index contributed by atoms with van der Waals surface area (Å²) in [6.07, 6.45) is -4.36. The maximum absolute atomic E-state index is 12.7. The standard InChI is InChI=1S/C13H13F3N2OS/c1-19-7-10-11(6-17)20-12(18-10)8-3-2-4-9(5-8)13(14,15)16/h2-5H,6-7,17H2,1H3. The van der Waals surface area contributed by atoms with Gasteiger partial charge in [0, 0.05) is 24.1 Å². The zero-order valence-electron chi connectivity index (χ0n) is 10.7. The van der Waals surface area contributed by atoms with Gasteiger partial charge in [-0.3, -0.25) is 0 Å². The quantitative estimate of drug-likeness (QED) is 0.941. The average Bonchev–Trinajstić information content (AvgIpc) is 2.82. The van der Waals surface area contributed by atoms with Gasteiger partial charge in [-0.2, -0.15) is 13.2 Å². The lowest BCUT2D eigenvalue weighted by Gasteiger charge is -2.07. The van der Waals surface area contributed by atoms with Crippen LogP contribution in [0.2, 0.25) is 0 Å². The third-order valence-electron chi connectivity index (χ3n) is 2.68. The molecule has 2 aromatic rings. The minimum absolute atomic E-state index is 0.287. The van der Waals surface area contributed by atoms with Crippen LogP contribution in [0.5, 0.6) is 0 Å². The molecule has 0 fully saturated rings. The number of hydrogen-bond acceptors (Lipinski definition) is 4. The second kappa shape index (κ2) is 5.90. The highest BCUT2D eigenvalue weighted by molar-refractivity contribution is 7.15. The largest absolute Gasteiger partial charge is 0.416 e. The summed E-state index contributed by atoms with van der Waals surface area (Å²) in [5, 5.41) is 0.517. The highest BCUT2D eigenvalue weighted by Gasteiger charge is 2.30. The van der Waals surface area contributed by atoms with Gasteiger partial charge in [0.15, 0.2) is 0 Å². The van der Waals surface area contributed by atoms with E-state index in [1.54, 1.807) is 6.07 Å². The molecule has 0 bridgehead atoms. The van der Waals surface area contributed by atoms with E-state index in [0.29, 0.717) is 22.9 Å². The Bertz CT molecular complexity index is 596. The first-order valence-electron chi connectivity index (χ1n) is 5.81. The molecular formula is C13H13F3N2OS. The van der Waals surface area contributed by atoms with E-state index >= 15 is 0 Å². The molecule has 0 aliphatic rings. The molecule has 0 saturated heterocycles. The Morgan fingerprint density at radius 1 is 1.35 bits per heavy atom. The van der Waals surface area contributed by atoms with Crippen LogP contribution in [-0.2, 0) is 24.1 Å². The van der Waals surface area contributed by atoms with E-state index in [0.717, 1.165) is 17.0 Å². The SMILES string of the molecule is COCc1nc(-c2cccc(C(F)(F)F)c2)sc1CN. The minimum atomic E-state index is -4.36. The van der Waals surface area contributed by atoms with Crippen molar-refractivity contribution in [2.24, 2.45) is 5.73 Å². The molecule has 0 amide bonds. The molecule has 0 unspecified atom stereocenters. The van der Waals surface area contributed by atoms with Crippen LogP contribution in [0.25, 0.3) is 10.6 Å². The maximum atomic E-state index is 12.7. The topological polar surface area (TPSA) is 48.1 Å². The number of rotatable bonds is 4. The van der Waals surface area contributed by atoms with E-state index in [4.69, 9.17) is 10.5 Å². The number of thiazole rings is 1. The summed E-state index contributed by atoms with van der Waals surface area (Å²) in [6.45, 7) is 0.581. The molecule has 0 atom stereocenters. The number of benzene rings is 1. The van der Waals surface area contributed by atoms with Crippen molar-refractivity contribution in [1.29, 1.82) is 0 Å². The van der Waals surface area contributed by atoms with E-state index in [2.05, 4.69) is 4.98 Å². The van der Waals surface area contributed by atoms with E-state index < -0.39 is 11.7 Å². The lowest BCUT2D eigenvalue weighted by Crippen LogP contribution is -2.04. The Morgan fingerprint density at radius 2 is 2.10 bits per heavy atom. The van der Waals surface area contributed by atoms with Gasteiger partial charge < -0.3 is 10.5 Å². The third-order valence-corrected chi connectivity index (χ3v) is 3.85. The van der Waals surface area contributed by atoms with Crippen molar-refractivity contribution in [3.63, 3.8) is 0 Å². The highest BCUT2D eigenvalue weighted by atomic mass is 32.1. The molecule has 1 aromatic carbocycles. The van der Waals surface area contributed by atoms with Crippen LogP contribution in [-0.4, -0.2) is 12.1 Å². The summed E-state index contributed by atoms with van der Waals surface area (Å²) in [5.74, 6) is 0. The zero-order valence-corrected chi connectivity index (χ0v) is 11.5. The minimum Gasteiger partial charge on any atom is -0.378 e. The number of aromatic nitrogens is 1. The molecule has 0 aliphatic carbocycles. The first-order valence-corrected chi connectivity index (χ1v) is 6.62. The van der Waals surface area contributed by atoms with Gasteiger partial charge >= 0.3 is 6.18 Å². The van der Waals surface area contributed by atoms with Crippen LogP contribution in [0, 0.1) is 0 Å². The Morgan fingerprint density at radius 3 is 2.70 bits per heavy atom. The Hall–Kier alpha value is -1.44. The number of halogens is 3. The normalized spacial score (nSPS) is 11.8. The van der Waals surface area contributed by atoms with Crippen LogP contribution >= 0.6 is 11.3 Å². The lowest BCUT2D eigenvalue weighted by molar-refractivity contribution is -0.137. The molecule has 7 heteroatoms. The fourth-order valence-corrected chi connectivity index (χ4v) is 2.68. The summed E-state index contributed by atoms with van der Waals surface area (Å²) >= 11 is 1.29. The van der Waals surface area contributed by atoms with Crippen LogP contribution in [0.3, 0.4) is 0 Å². The van der Waals surface area contributed by atoms with Crippen LogP contribution in [0.4, 0.5) is 13.2 Å². The molecule has 0 spiro atoms. The summed E-state index contributed by atoms with van der Waals surface area (Å²) in [4.78, 5) is 5.13. The van der Waals surface area contributed by atoms with Crippen molar-refractivity contribution < 1.29 is 17.9 Å². The molecule has 1 aromatic heterocycles. The van der Waals surface area contributed by atoms with Crippen molar-refractivity contribution in [1.82, 2.24) is 4.98 Å². The Kier molecular flexibility index (Phi) is 4.42. The predicted molar refractivity (Wildman–Crippen MR) is 71.2 cm³/mol. The summed E-state index contributed by atoms with van der Waals surface area (Å²) in [7, 11) is 1.53. The zero-order chi connectivity index (χ0) is 14.8. The number of alkyl halides is 3. The maximum Gasteiger partial charge on any atom is 0.416 e. The van der Waals surface area contributed by atoms with Gasteiger partial charge in [-0.1, -0.05) is 12.1 Å². The predicted octanol–water partition coefficient (Wildman–Crippen LogP) is 3.43. The molecule has 108 valence electrons.